The maximum Gasteiger partial charge on any atom is 0.573 e. The number of hydrogen-bond acceptors (Lipinski definition) is 2. The zero-order valence-electron chi connectivity index (χ0n) is 12.3. The summed E-state index contributed by atoms with van der Waals surface area (Å²) in [6.45, 7) is 7.36. The molecule has 0 bridgehead atoms. The van der Waals surface area contributed by atoms with Crippen molar-refractivity contribution in [3.8, 4) is 5.75 Å². The van der Waals surface area contributed by atoms with Gasteiger partial charge in [-0.1, -0.05) is 26.8 Å². The summed E-state index contributed by atoms with van der Waals surface area (Å²) >= 11 is 0. The van der Waals surface area contributed by atoms with E-state index in [1.165, 1.54) is 6.07 Å². The van der Waals surface area contributed by atoms with Gasteiger partial charge in [-0.2, -0.15) is 0 Å². The van der Waals surface area contributed by atoms with Crippen LogP contribution >= 0.6 is 0 Å². The summed E-state index contributed by atoms with van der Waals surface area (Å²) in [4.78, 5) is 2.10. The highest BCUT2D eigenvalue weighted by Gasteiger charge is 2.34. The molecule has 20 heavy (non-hydrogen) atoms. The van der Waals surface area contributed by atoms with Gasteiger partial charge in [-0.25, -0.2) is 0 Å². The van der Waals surface area contributed by atoms with Crippen LogP contribution in [-0.4, -0.2) is 24.9 Å². The quantitative estimate of drug-likeness (QED) is 0.777. The number of likely N-dealkylation sites (N-methyl/N-ethyl adjacent to an activating group) is 1. The lowest BCUT2D eigenvalue weighted by molar-refractivity contribution is -0.275. The van der Waals surface area contributed by atoms with Gasteiger partial charge in [0.1, 0.15) is 5.75 Å². The predicted molar refractivity (Wildman–Crippen MR) is 71.9 cm³/mol. The summed E-state index contributed by atoms with van der Waals surface area (Å²) < 4.78 is 42.0. The third kappa shape index (κ3) is 3.45. The molecule has 0 aliphatic carbocycles. The molecule has 0 saturated carbocycles. The highest BCUT2D eigenvalue weighted by Crippen LogP contribution is 2.36. The van der Waals surface area contributed by atoms with Gasteiger partial charge in [-0.15, -0.1) is 13.2 Å². The molecule has 0 fully saturated rings. The van der Waals surface area contributed by atoms with E-state index in [2.05, 4.69) is 9.64 Å². The number of rotatable bonds is 1. The molecule has 2 rings (SSSR count). The van der Waals surface area contributed by atoms with E-state index in [1.807, 2.05) is 33.9 Å². The molecule has 1 aromatic rings. The molecule has 0 N–H and O–H groups in total. The average molecular weight is 287 g/mol. The van der Waals surface area contributed by atoms with E-state index < -0.39 is 6.36 Å². The van der Waals surface area contributed by atoms with Gasteiger partial charge in [0.15, 0.2) is 0 Å². The molecular weight excluding hydrogens is 267 g/mol. The van der Waals surface area contributed by atoms with Gasteiger partial charge in [0.25, 0.3) is 0 Å². The monoisotopic (exact) mass is 287 g/mol. The summed E-state index contributed by atoms with van der Waals surface area (Å²) in [5.74, 6) is -0.0342. The predicted octanol–water partition coefficient (Wildman–Crippen LogP) is 3.87. The summed E-state index contributed by atoms with van der Waals surface area (Å²) in [7, 11) is 1.97. The van der Waals surface area contributed by atoms with Crippen LogP contribution in [-0.2, 0) is 18.4 Å². The van der Waals surface area contributed by atoms with Crippen molar-refractivity contribution in [2.75, 3.05) is 13.6 Å². The Morgan fingerprint density at radius 1 is 1.15 bits per heavy atom. The van der Waals surface area contributed by atoms with Crippen LogP contribution in [0.3, 0.4) is 0 Å². The fourth-order valence-electron chi connectivity index (χ4n) is 2.45. The molecule has 1 aromatic carbocycles. The molecule has 2 nitrogen and oxygen atoms in total. The summed E-state index contributed by atoms with van der Waals surface area (Å²) in [5.41, 5.74) is 2.28. The number of hydrogen-bond donors (Lipinski definition) is 0. The van der Waals surface area contributed by atoms with Gasteiger partial charge >= 0.3 is 6.36 Å². The molecule has 0 aromatic heterocycles. The number of nitrogens with zero attached hydrogens (tertiary/aromatic N) is 1. The van der Waals surface area contributed by atoms with Gasteiger partial charge in [0, 0.05) is 18.7 Å². The number of ether oxygens (including phenoxy) is 1. The van der Waals surface area contributed by atoms with Crippen molar-refractivity contribution in [1.29, 1.82) is 0 Å². The molecule has 112 valence electrons. The van der Waals surface area contributed by atoms with Crippen molar-refractivity contribution >= 4 is 0 Å². The number of benzene rings is 1. The standard InChI is InChI=1S/C15H20F3NO/c1-14(2,3)11-7-10-9-19(4)6-5-12(10)13(8-11)20-15(16,17)18/h7-8H,5-6,9H2,1-4H3. The van der Waals surface area contributed by atoms with Crippen LogP contribution in [0.4, 0.5) is 13.2 Å². The normalized spacial score (nSPS) is 16.9. The van der Waals surface area contributed by atoms with Gasteiger partial charge in [0.2, 0.25) is 0 Å². The first-order valence-corrected chi connectivity index (χ1v) is 6.67. The van der Waals surface area contributed by atoms with Gasteiger partial charge in [-0.05, 0) is 36.1 Å². The maximum absolute atomic E-state index is 12.6. The van der Waals surface area contributed by atoms with Crippen molar-refractivity contribution in [3.05, 3.63) is 28.8 Å². The Bertz CT molecular complexity index is 503. The minimum absolute atomic E-state index is 0.0342. The molecule has 0 unspecified atom stereocenters. The number of fused-ring (bicyclic) bond motifs is 1. The highest BCUT2D eigenvalue weighted by atomic mass is 19.4. The highest BCUT2D eigenvalue weighted by molar-refractivity contribution is 5.47. The van der Waals surface area contributed by atoms with E-state index in [4.69, 9.17) is 0 Å². The van der Waals surface area contributed by atoms with Crippen molar-refractivity contribution < 1.29 is 17.9 Å². The summed E-state index contributed by atoms with van der Waals surface area (Å²) in [6.07, 6.45) is -4.06. The summed E-state index contributed by atoms with van der Waals surface area (Å²) in [6, 6.07) is 3.55. The van der Waals surface area contributed by atoms with E-state index in [-0.39, 0.29) is 11.2 Å². The molecule has 1 aliphatic heterocycles. The van der Waals surface area contributed by atoms with Crippen LogP contribution in [0, 0.1) is 0 Å². The SMILES string of the molecule is CN1CCc2c(cc(C(C)(C)C)cc2OC(F)(F)F)C1. The zero-order valence-corrected chi connectivity index (χ0v) is 12.3. The first kappa shape index (κ1) is 15.2. The topological polar surface area (TPSA) is 12.5 Å². The zero-order chi connectivity index (χ0) is 15.1. The maximum atomic E-state index is 12.6. The van der Waals surface area contributed by atoms with Crippen LogP contribution in [0.1, 0.15) is 37.5 Å². The second-order valence-electron chi connectivity index (χ2n) is 6.40. The van der Waals surface area contributed by atoms with Crippen LogP contribution in [0.25, 0.3) is 0 Å². The van der Waals surface area contributed by atoms with Crippen molar-refractivity contribution in [2.45, 2.75) is 45.5 Å². The van der Waals surface area contributed by atoms with Crippen LogP contribution < -0.4 is 4.74 Å². The number of alkyl halides is 3. The molecule has 1 aliphatic rings. The fourth-order valence-corrected chi connectivity index (χ4v) is 2.45. The molecule has 0 radical (unpaired) electrons. The largest absolute Gasteiger partial charge is 0.573 e. The Kier molecular flexibility index (Phi) is 3.75. The second kappa shape index (κ2) is 4.95. The Morgan fingerprint density at radius 3 is 2.35 bits per heavy atom. The van der Waals surface area contributed by atoms with Crippen LogP contribution in [0.5, 0.6) is 5.75 Å². The van der Waals surface area contributed by atoms with Crippen molar-refractivity contribution in [1.82, 2.24) is 4.90 Å². The Hall–Kier alpha value is -1.23. The third-order valence-electron chi connectivity index (χ3n) is 3.58. The molecule has 5 heteroatoms. The van der Waals surface area contributed by atoms with E-state index in [9.17, 15) is 13.2 Å². The number of halogens is 3. The van der Waals surface area contributed by atoms with E-state index >= 15 is 0 Å². The third-order valence-corrected chi connectivity index (χ3v) is 3.58. The minimum atomic E-state index is -4.65. The molecule has 1 heterocycles. The Labute approximate surface area is 117 Å². The average Bonchev–Trinajstić information content (AvgIpc) is 2.24. The second-order valence-corrected chi connectivity index (χ2v) is 6.40. The van der Waals surface area contributed by atoms with E-state index in [0.29, 0.717) is 18.5 Å². The Morgan fingerprint density at radius 2 is 1.80 bits per heavy atom. The molecule has 0 spiro atoms. The minimum Gasteiger partial charge on any atom is -0.405 e. The smallest absolute Gasteiger partial charge is 0.405 e. The molecule has 0 saturated heterocycles. The lowest BCUT2D eigenvalue weighted by Gasteiger charge is -2.30. The summed E-state index contributed by atoms with van der Waals surface area (Å²) in [5, 5.41) is 0. The lowest BCUT2D eigenvalue weighted by Crippen LogP contribution is -2.29. The van der Waals surface area contributed by atoms with Crippen molar-refractivity contribution in [2.24, 2.45) is 0 Å². The van der Waals surface area contributed by atoms with Crippen LogP contribution in [0.15, 0.2) is 12.1 Å². The lowest BCUT2D eigenvalue weighted by atomic mass is 9.83. The molecular formula is C15H20F3NO. The van der Waals surface area contributed by atoms with Gasteiger partial charge in [0.05, 0.1) is 0 Å². The van der Waals surface area contributed by atoms with Crippen LogP contribution in [0.2, 0.25) is 0 Å². The van der Waals surface area contributed by atoms with E-state index in [0.717, 1.165) is 17.7 Å². The first-order valence-electron chi connectivity index (χ1n) is 6.67. The fraction of sp³-hybridized carbons (Fsp3) is 0.600. The first-order chi connectivity index (χ1) is 9.06. The van der Waals surface area contributed by atoms with E-state index in [1.54, 1.807) is 0 Å². The van der Waals surface area contributed by atoms with Gasteiger partial charge in [-0.3, -0.25) is 0 Å². The van der Waals surface area contributed by atoms with Gasteiger partial charge < -0.3 is 9.64 Å². The molecule has 0 amide bonds. The van der Waals surface area contributed by atoms with Crippen molar-refractivity contribution in [3.63, 3.8) is 0 Å². The molecule has 0 atom stereocenters. The Balaban J connectivity index is 2.51.